The number of nitrogens with zero attached hydrogens (tertiary/aromatic N) is 3. The molecule has 5 aliphatic rings. The van der Waals surface area contributed by atoms with Crippen molar-refractivity contribution in [2.45, 2.75) is 38.5 Å². The largest absolute Gasteiger partial charge is 0.353 e. The fourth-order valence-electron chi connectivity index (χ4n) is 7.24. The van der Waals surface area contributed by atoms with E-state index in [1.807, 2.05) is 29.2 Å². The Hall–Kier alpha value is -2.60. The van der Waals surface area contributed by atoms with Gasteiger partial charge in [-0.15, -0.1) is 0 Å². The van der Waals surface area contributed by atoms with Crippen LogP contribution in [0.15, 0.2) is 42.6 Å². The standard InChI is InChI=1S/C27H31ClN4O2/c28-23-4-2-1-3-22(23)25(33)32-9-7-31(8-10-32)24-6-5-21(17-29-24)30-26(34)27-14-18-11-19(15-27)13-20(12-18)16-27/h1-6,17-20H,7-16H2,(H,30,34). The molecule has 7 rings (SSSR count). The number of amides is 2. The molecule has 6 nitrogen and oxygen atoms in total. The lowest BCUT2D eigenvalue weighted by Crippen LogP contribution is -2.51. The van der Waals surface area contributed by atoms with Gasteiger partial charge in [0.2, 0.25) is 5.91 Å². The van der Waals surface area contributed by atoms with E-state index in [9.17, 15) is 9.59 Å². The summed E-state index contributed by atoms with van der Waals surface area (Å²) in [4.78, 5) is 34.8. The molecular weight excluding hydrogens is 448 g/mol. The Morgan fingerprint density at radius 1 is 0.912 bits per heavy atom. The quantitative estimate of drug-likeness (QED) is 0.682. The number of carbonyl (C=O) groups excluding carboxylic acids is 2. The van der Waals surface area contributed by atoms with Gasteiger partial charge in [-0.1, -0.05) is 23.7 Å². The molecular formula is C27H31ClN4O2. The maximum Gasteiger partial charge on any atom is 0.255 e. The number of benzene rings is 1. The fraction of sp³-hybridized carbons (Fsp3) is 0.519. The van der Waals surface area contributed by atoms with Crippen LogP contribution < -0.4 is 10.2 Å². The number of nitrogens with one attached hydrogen (secondary N) is 1. The number of carbonyl (C=O) groups is 2. The molecule has 0 atom stereocenters. The van der Waals surface area contributed by atoms with Gasteiger partial charge in [-0.25, -0.2) is 4.98 Å². The number of aromatic nitrogens is 1. The van der Waals surface area contributed by atoms with Crippen LogP contribution in [-0.2, 0) is 4.79 Å². The summed E-state index contributed by atoms with van der Waals surface area (Å²) < 4.78 is 0. The molecule has 34 heavy (non-hydrogen) atoms. The van der Waals surface area contributed by atoms with E-state index in [0.29, 0.717) is 36.8 Å². The second-order valence-electron chi connectivity index (χ2n) is 10.8. The third kappa shape index (κ3) is 3.96. The Morgan fingerprint density at radius 3 is 2.15 bits per heavy atom. The van der Waals surface area contributed by atoms with Crippen LogP contribution in [0, 0.1) is 23.2 Å². The number of halogens is 1. The molecule has 1 aromatic carbocycles. The molecule has 5 fully saturated rings. The van der Waals surface area contributed by atoms with Gasteiger partial charge in [-0.2, -0.15) is 0 Å². The van der Waals surface area contributed by atoms with Crippen molar-refractivity contribution in [3.63, 3.8) is 0 Å². The summed E-state index contributed by atoms with van der Waals surface area (Å²) in [5, 5.41) is 3.68. The number of rotatable bonds is 4. The lowest BCUT2D eigenvalue weighted by molar-refractivity contribution is -0.140. The van der Waals surface area contributed by atoms with E-state index in [1.54, 1.807) is 18.3 Å². The van der Waals surface area contributed by atoms with Crippen molar-refractivity contribution in [2.75, 3.05) is 36.4 Å². The van der Waals surface area contributed by atoms with Crippen molar-refractivity contribution in [3.05, 3.63) is 53.2 Å². The number of hydrogen-bond donors (Lipinski definition) is 1. The van der Waals surface area contributed by atoms with Crippen LogP contribution in [-0.4, -0.2) is 47.9 Å². The molecule has 1 aromatic heterocycles. The van der Waals surface area contributed by atoms with E-state index in [2.05, 4.69) is 15.2 Å². The Kier molecular flexibility index (Phi) is 5.51. The summed E-state index contributed by atoms with van der Waals surface area (Å²) in [6.45, 7) is 2.66. The van der Waals surface area contributed by atoms with E-state index < -0.39 is 0 Å². The van der Waals surface area contributed by atoms with E-state index >= 15 is 0 Å². The van der Waals surface area contributed by atoms with Crippen LogP contribution in [0.3, 0.4) is 0 Å². The first kappa shape index (κ1) is 21.9. The van der Waals surface area contributed by atoms with Crippen LogP contribution in [0.4, 0.5) is 11.5 Å². The zero-order chi connectivity index (χ0) is 23.3. The van der Waals surface area contributed by atoms with Gasteiger partial charge in [-0.05, 0) is 80.5 Å². The molecule has 4 saturated carbocycles. The average molecular weight is 479 g/mol. The number of pyridine rings is 1. The highest BCUT2D eigenvalue weighted by Gasteiger charge is 2.54. The third-order valence-electron chi connectivity index (χ3n) is 8.52. The van der Waals surface area contributed by atoms with Crippen molar-refractivity contribution in [2.24, 2.45) is 23.2 Å². The van der Waals surface area contributed by atoms with Gasteiger partial charge in [0.15, 0.2) is 0 Å². The summed E-state index contributed by atoms with van der Waals surface area (Å²) in [5.74, 6) is 3.30. The predicted octanol–water partition coefficient (Wildman–Crippen LogP) is 4.85. The SMILES string of the molecule is O=C(c1ccccc1Cl)N1CCN(c2ccc(NC(=O)C34CC5CC(CC(C5)C3)C4)cn2)CC1. The summed E-state index contributed by atoms with van der Waals surface area (Å²) >= 11 is 6.20. The highest BCUT2D eigenvalue weighted by molar-refractivity contribution is 6.33. The molecule has 4 aliphatic carbocycles. The fourth-order valence-corrected chi connectivity index (χ4v) is 7.46. The van der Waals surface area contributed by atoms with Gasteiger partial charge in [0.25, 0.3) is 5.91 Å². The van der Waals surface area contributed by atoms with Gasteiger partial charge in [-0.3, -0.25) is 9.59 Å². The van der Waals surface area contributed by atoms with Crippen LogP contribution in [0.1, 0.15) is 48.9 Å². The minimum Gasteiger partial charge on any atom is -0.353 e. The average Bonchev–Trinajstić information content (AvgIpc) is 2.84. The smallest absolute Gasteiger partial charge is 0.255 e. The molecule has 4 bridgehead atoms. The summed E-state index contributed by atoms with van der Waals surface area (Å²) in [7, 11) is 0. The highest BCUT2D eigenvalue weighted by atomic mass is 35.5. The molecule has 2 amide bonds. The molecule has 0 spiro atoms. The number of anilines is 2. The Balaban J connectivity index is 1.06. The van der Waals surface area contributed by atoms with Crippen molar-refractivity contribution in [1.82, 2.24) is 9.88 Å². The van der Waals surface area contributed by atoms with Crippen LogP contribution in [0.25, 0.3) is 0 Å². The van der Waals surface area contributed by atoms with Crippen molar-refractivity contribution < 1.29 is 9.59 Å². The monoisotopic (exact) mass is 478 g/mol. The van der Waals surface area contributed by atoms with E-state index in [1.165, 1.54) is 19.3 Å². The normalized spacial score (nSPS) is 29.9. The van der Waals surface area contributed by atoms with Crippen molar-refractivity contribution in [3.8, 4) is 0 Å². The number of piperazine rings is 1. The molecule has 178 valence electrons. The summed E-state index contributed by atoms with van der Waals surface area (Å²) in [5.41, 5.74) is 1.17. The van der Waals surface area contributed by atoms with Crippen LogP contribution in [0.2, 0.25) is 5.02 Å². The second-order valence-corrected chi connectivity index (χ2v) is 11.2. The summed E-state index contributed by atoms with van der Waals surface area (Å²) in [6.07, 6.45) is 8.96. The number of hydrogen-bond acceptors (Lipinski definition) is 4. The first-order valence-electron chi connectivity index (χ1n) is 12.6. The lowest BCUT2D eigenvalue weighted by Gasteiger charge is -2.55. The third-order valence-corrected chi connectivity index (χ3v) is 8.85. The van der Waals surface area contributed by atoms with E-state index in [-0.39, 0.29) is 17.2 Å². The Morgan fingerprint density at radius 2 is 1.56 bits per heavy atom. The predicted molar refractivity (Wildman–Crippen MR) is 133 cm³/mol. The van der Waals surface area contributed by atoms with Crippen molar-refractivity contribution in [1.29, 1.82) is 0 Å². The molecule has 2 aromatic rings. The zero-order valence-corrected chi connectivity index (χ0v) is 20.1. The van der Waals surface area contributed by atoms with Gasteiger partial charge >= 0.3 is 0 Å². The minimum absolute atomic E-state index is 0.0269. The second kappa shape index (κ2) is 8.56. The molecule has 1 saturated heterocycles. The topological polar surface area (TPSA) is 65.5 Å². The van der Waals surface area contributed by atoms with Gasteiger partial charge in [0.1, 0.15) is 5.82 Å². The van der Waals surface area contributed by atoms with Gasteiger partial charge in [0.05, 0.1) is 27.9 Å². The van der Waals surface area contributed by atoms with E-state index in [0.717, 1.165) is 48.5 Å². The lowest BCUT2D eigenvalue weighted by atomic mass is 9.49. The van der Waals surface area contributed by atoms with Gasteiger partial charge in [0, 0.05) is 26.2 Å². The molecule has 2 heterocycles. The first-order chi connectivity index (χ1) is 16.5. The molecule has 1 aliphatic heterocycles. The summed E-state index contributed by atoms with van der Waals surface area (Å²) in [6, 6.07) is 11.1. The van der Waals surface area contributed by atoms with Crippen LogP contribution in [0.5, 0.6) is 0 Å². The Labute approximate surface area is 205 Å². The zero-order valence-electron chi connectivity index (χ0n) is 19.4. The van der Waals surface area contributed by atoms with Crippen LogP contribution >= 0.6 is 11.6 Å². The van der Waals surface area contributed by atoms with Crippen molar-refractivity contribution >= 4 is 34.9 Å². The molecule has 1 N–H and O–H groups in total. The van der Waals surface area contributed by atoms with E-state index in [4.69, 9.17) is 11.6 Å². The first-order valence-corrected chi connectivity index (χ1v) is 12.9. The maximum atomic E-state index is 13.3. The highest BCUT2D eigenvalue weighted by Crippen LogP contribution is 2.60. The molecule has 0 unspecified atom stereocenters. The Bertz CT molecular complexity index is 1060. The molecule has 0 radical (unpaired) electrons. The van der Waals surface area contributed by atoms with Gasteiger partial charge < -0.3 is 15.1 Å². The maximum absolute atomic E-state index is 13.3. The molecule has 7 heteroatoms. The minimum atomic E-state index is -0.155.